The molecule has 0 aliphatic carbocycles. The molecule has 0 aliphatic heterocycles. The summed E-state index contributed by atoms with van der Waals surface area (Å²) in [5.74, 6) is 0. The molecule has 0 aromatic heterocycles. The second-order valence-electron chi connectivity index (χ2n) is 1.26. The molecule has 0 aliphatic rings. The topological polar surface area (TPSA) is 72.5 Å². The van der Waals surface area contributed by atoms with Crippen LogP contribution in [0.4, 0.5) is 4.79 Å². The predicted molar refractivity (Wildman–Crippen MR) is 35.0 cm³/mol. The molecule has 0 radical (unpaired) electrons. The van der Waals surface area contributed by atoms with E-state index in [-0.39, 0.29) is 6.61 Å². The Balaban J connectivity index is 3.53. The molecule has 0 fully saturated rings. The fourth-order valence-electron chi connectivity index (χ4n) is 0.241. The van der Waals surface area contributed by atoms with Crippen LogP contribution in [0.5, 0.6) is 0 Å². The molecule has 0 atom stereocenters. The molecule has 0 aromatic carbocycles. The molecular formula is C4H7NO4S. The van der Waals surface area contributed by atoms with Crippen molar-refractivity contribution in [2.75, 3.05) is 6.61 Å². The van der Waals surface area contributed by atoms with Crippen LogP contribution in [0.25, 0.3) is 0 Å². The van der Waals surface area contributed by atoms with E-state index in [1.165, 1.54) is 10.8 Å². The highest BCUT2D eigenvalue weighted by molar-refractivity contribution is 7.70. The molecule has 0 saturated carbocycles. The van der Waals surface area contributed by atoms with E-state index >= 15 is 0 Å². The summed E-state index contributed by atoms with van der Waals surface area (Å²) in [7, 11) is -2.92. The van der Waals surface area contributed by atoms with E-state index in [0.29, 0.717) is 0 Å². The van der Waals surface area contributed by atoms with Crippen molar-refractivity contribution in [3.8, 4) is 0 Å². The summed E-state index contributed by atoms with van der Waals surface area (Å²) in [5, 5.41) is 0. The second kappa shape index (κ2) is 4.80. The van der Waals surface area contributed by atoms with Crippen LogP contribution in [0.1, 0.15) is 0 Å². The molecule has 0 bridgehead atoms. The lowest BCUT2D eigenvalue weighted by atomic mass is 10.7. The maximum atomic E-state index is 10.2. The van der Waals surface area contributed by atoms with Crippen molar-refractivity contribution in [3.05, 3.63) is 12.7 Å². The first kappa shape index (κ1) is 8.96. The van der Waals surface area contributed by atoms with Gasteiger partial charge in [-0.3, -0.25) is 0 Å². The van der Waals surface area contributed by atoms with E-state index in [4.69, 9.17) is 0 Å². The SMILES string of the molecule is C=CCOC(=O)N[SH](=O)=O. The summed E-state index contributed by atoms with van der Waals surface area (Å²) < 4.78 is 25.3. The van der Waals surface area contributed by atoms with E-state index in [1.54, 1.807) is 0 Å². The molecular weight excluding hydrogens is 158 g/mol. The van der Waals surface area contributed by atoms with Crippen molar-refractivity contribution in [3.63, 3.8) is 0 Å². The van der Waals surface area contributed by atoms with Crippen LogP contribution < -0.4 is 4.72 Å². The lowest BCUT2D eigenvalue weighted by Gasteiger charge is -1.96. The molecule has 1 N–H and O–H groups in total. The fourth-order valence-corrected chi connectivity index (χ4v) is 0.455. The molecule has 0 rings (SSSR count). The molecule has 58 valence electrons. The van der Waals surface area contributed by atoms with Gasteiger partial charge in [0.2, 0.25) is 10.9 Å². The third-order valence-corrected chi connectivity index (χ3v) is 0.880. The molecule has 0 heterocycles. The van der Waals surface area contributed by atoms with Crippen LogP contribution in [0.3, 0.4) is 0 Å². The minimum atomic E-state index is -2.92. The largest absolute Gasteiger partial charge is 0.445 e. The first-order chi connectivity index (χ1) is 4.66. The quantitative estimate of drug-likeness (QED) is 0.433. The van der Waals surface area contributed by atoms with Gasteiger partial charge in [-0.15, -0.1) is 0 Å². The Labute approximate surface area is 59.8 Å². The van der Waals surface area contributed by atoms with Gasteiger partial charge in [0.15, 0.2) is 0 Å². The zero-order valence-electron chi connectivity index (χ0n) is 5.07. The lowest BCUT2D eigenvalue weighted by molar-refractivity contribution is 0.165. The number of rotatable bonds is 3. The van der Waals surface area contributed by atoms with Gasteiger partial charge in [-0.2, -0.15) is 0 Å². The van der Waals surface area contributed by atoms with Crippen LogP contribution >= 0.6 is 0 Å². The molecule has 10 heavy (non-hydrogen) atoms. The zero-order chi connectivity index (χ0) is 7.98. The second-order valence-corrected chi connectivity index (χ2v) is 1.99. The minimum Gasteiger partial charge on any atom is -0.445 e. The van der Waals surface area contributed by atoms with Gasteiger partial charge in [0.1, 0.15) is 6.61 Å². The number of amides is 1. The van der Waals surface area contributed by atoms with Gasteiger partial charge in [-0.05, 0) is 0 Å². The van der Waals surface area contributed by atoms with Gasteiger partial charge in [0.05, 0.1) is 0 Å². The van der Waals surface area contributed by atoms with Crippen LogP contribution in [-0.4, -0.2) is 21.1 Å². The molecule has 6 heteroatoms. The van der Waals surface area contributed by atoms with Crippen molar-refractivity contribution in [1.29, 1.82) is 0 Å². The van der Waals surface area contributed by atoms with Crippen molar-refractivity contribution >= 4 is 17.0 Å². The molecule has 5 nitrogen and oxygen atoms in total. The van der Waals surface area contributed by atoms with Gasteiger partial charge in [-0.1, -0.05) is 12.7 Å². The van der Waals surface area contributed by atoms with E-state index in [2.05, 4.69) is 11.3 Å². The molecule has 1 amide bonds. The number of thiol groups is 1. The maximum absolute atomic E-state index is 10.2. The zero-order valence-corrected chi connectivity index (χ0v) is 5.97. The third kappa shape index (κ3) is 5.10. The lowest BCUT2D eigenvalue weighted by Crippen LogP contribution is -2.22. The normalized spacial score (nSPS) is 8.90. The Morgan fingerprint density at radius 1 is 1.70 bits per heavy atom. The summed E-state index contributed by atoms with van der Waals surface area (Å²) in [5.41, 5.74) is 0. The highest BCUT2D eigenvalue weighted by Crippen LogP contribution is 1.75. The Hall–Kier alpha value is -1.04. The van der Waals surface area contributed by atoms with E-state index < -0.39 is 17.0 Å². The number of hydrogen-bond acceptors (Lipinski definition) is 4. The predicted octanol–water partition coefficient (Wildman–Crippen LogP) is -0.575. The maximum Gasteiger partial charge on any atom is 0.421 e. The van der Waals surface area contributed by atoms with Crippen molar-refractivity contribution in [2.24, 2.45) is 0 Å². The van der Waals surface area contributed by atoms with Crippen LogP contribution in [0.15, 0.2) is 12.7 Å². The van der Waals surface area contributed by atoms with E-state index in [0.717, 1.165) is 0 Å². The third-order valence-electron chi connectivity index (χ3n) is 0.515. The van der Waals surface area contributed by atoms with Crippen molar-refractivity contribution in [2.45, 2.75) is 0 Å². The summed E-state index contributed by atoms with van der Waals surface area (Å²) in [6.45, 7) is 3.25. The summed E-state index contributed by atoms with van der Waals surface area (Å²) in [4.78, 5) is 10.2. The summed E-state index contributed by atoms with van der Waals surface area (Å²) in [6.07, 6.45) is 0.341. The van der Waals surface area contributed by atoms with Gasteiger partial charge in [0.25, 0.3) is 0 Å². The van der Waals surface area contributed by atoms with Crippen molar-refractivity contribution in [1.82, 2.24) is 4.72 Å². The molecule has 0 aromatic rings. The Morgan fingerprint density at radius 3 is 2.70 bits per heavy atom. The van der Waals surface area contributed by atoms with Crippen molar-refractivity contribution < 1.29 is 17.9 Å². The first-order valence-corrected chi connectivity index (χ1v) is 3.53. The summed E-state index contributed by atoms with van der Waals surface area (Å²) in [6, 6.07) is 0. The van der Waals surface area contributed by atoms with E-state index in [9.17, 15) is 13.2 Å². The number of nitrogens with one attached hydrogen (secondary N) is 1. The Bertz CT molecular complexity index is 189. The average Bonchev–Trinajstić information content (AvgIpc) is 1.82. The molecule has 0 unspecified atom stereocenters. The number of hydrogen-bond donors (Lipinski definition) is 2. The number of carbonyl (C=O) groups excluding carboxylic acids is 1. The minimum absolute atomic E-state index is 0.00495. The highest BCUT2D eigenvalue weighted by Gasteiger charge is 1.97. The van der Waals surface area contributed by atoms with Crippen LogP contribution in [0, 0.1) is 0 Å². The highest BCUT2D eigenvalue weighted by atomic mass is 32.2. The Kier molecular flexibility index (Phi) is 4.30. The fraction of sp³-hybridized carbons (Fsp3) is 0.250. The van der Waals surface area contributed by atoms with Gasteiger partial charge in [-0.25, -0.2) is 17.9 Å². The Morgan fingerprint density at radius 2 is 2.30 bits per heavy atom. The summed E-state index contributed by atoms with van der Waals surface area (Å²) >= 11 is 0. The smallest absolute Gasteiger partial charge is 0.421 e. The van der Waals surface area contributed by atoms with Gasteiger partial charge >= 0.3 is 6.09 Å². The molecule has 0 saturated heterocycles. The average molecular weight is 165 g/mol. The van der Waals surface area contributed by atoms with E-state index in [1.807, 2.05) is 0 Å². The monoisotopic (exact) mass is 165 g/mol. The van der Waals surface area contributed by atoms with Crippen LogP contribution in [0.2, 0.25) is 0 Å². The van der Waals surface area contributed by atoms with Gasteiger partial charge in [0, 0.05) is 0 Å². The van der Waals surface area contributed by atoms with Gasteiger partial charge < -0.3 is 4.74 Å². The molecule has 0 spiro atoms. The standard InChI is InChI=1S/C4H7NO4S/c1-2-3-9-4(6)5-10(7)8/h2,10H,1,3H2,(H,5,6,7,8). The number of ether oxygens (including phenoxy) is 1. The van der Waals surface area contributed by atoms with Crippen LogP contribution in [-0.2, 0) is 15.6 Å². The first-order valence-electron chi connectivity index (χ1n) is 2.35. The number of carbonyl (C=O) groups is 1.